The van der Waals surface area contributed by atoms with Crippen LogP contribution >= 0.6 is 11.6 Å². The van der Waals surface area contributed by atoms with Crippen molar-refractivity contribution >= 4 is 17.6 Å². The maximum atomic E-state index is 10.9. The van der Waals surface area contributed by atoms with Crippen LogP contribution < -0.4 is 4.74 Å². The first-order valence-corrected chi connectivity index (χ1v) is 7.55. The van der Waals surface area contributed by atoms with Gasteiger partial charge in [-0.3, -0.25) is 0 Å². The Morgan fingerprint density at radius 1 is 1.45 bits per heavy atom. The van der Waals surface area contributed by atoms with Gasteiger partial charge in [0.05, 0.1) is 11.6 Å². The number of aromatic nitrogens is 1. The number of aromatic carboxylic acids is 1. The van der Waals surface area contributed by atoms with E-state index < -0.39 is 5.97 Å². The average molecular weight is 322 g/mol. The Bertz CT molecular complexity index is 706. The molecule has 1 aromatic heterocycles. The van der Waals surface area contributed by atoms with E-state index in [1.165, 1.54) is 25.3 Å². The molecule has 0 spiro atoms. The fourth-order valence-corrected chi connectivity index (χ4v) is 2.76. The Hall–Kier alpha value is -2.01. The summed E-state index contributed by atoms with van der Waals surface area (Å²) in [5, 5.41) is 13.3. The van der Waals surface area contributed by atoms with Crippen molar-refractivity contribution in [1.29, 1.82) is 0 Å². The van der Waals surface area contributed by atoms with Crippen molar-refractivity contribution in [1.82, 2.24) is 5.16 Å². The summed E-state index contributed by atoms with van der Waals surface area (Å²) in [6.45, 7) is 2.52. The second-order valence-corrected chi connectivity index (χ2v) is 6.02. The summed E-state index contributed by atoms with van der Waals surface area (Å²) < 4.78 is 10.7. The van der Waals surface area contributed by atoms with Crippen LogP contribution in [0.4, 0.5) is 0 Å². The molecule has 22 heavy (non-hydrogen) atoms. The van der Waals surface area contributed by atoms with Crippen molar-refractivity contribution in [2.45, 2.75) is 26.2 Å². The van der Waals surface area contributed by atoms with Crippen LogP contribution in [-0.2, 0) is 0 Å². The number of carbonyl (C=O) groups is 1. The summed E-state index contributed by atoms with van der Waals surface area (Å²) in [5.74, 6) is -0.270. The Morgan fingerprint density at radius 3 is 2.82 bits per heavy atom. The van der Waals surface area contributed by atoms with Crippen molar-refractivity contribution in [3.63, 3.8) is 0 Å². The van der Waals surface area contributed by atoms with E-state index in [-0.39, 0.29) is 5.76 Å². The molecule has 2 aromatic rings. The van der Waals surface area contributed by atoms with E-state index in [4.69, 9.17) is 26.0 Å². The summed E-state index contributed by atoms with van der Waals surface area (Å²) >= 11 is 6.30. The van der Waals surface area contributed by atoms with Crippen molar-refractivity contribution in [2.75, 3.05) is 6.61 Å². The smallest absolute Gasteiger partial charge is 0.374 e. The number of rotatable bonds is 5. The molecule has 5 nitrogen and oxygen atoms in total. The topological polar surface area (TPSA) is 72.6 Å². The van der Waals surface area contributed by atoms with Crippen LogP contribution in [0.5, 0.6) is 5.75 Å². The lowest BCUT2D eigenvalue weighted by molar-refractivity contribution is 0.0652. The molecule has 6 heteroatoms. The van der Waals surface area contributed by atoms with Gasteiger partial charge >= 0.3 is 5.97 Å². The van der Waals surface area contributed by atoms with Crippen LogP contribution in [0.3, 0.4) is 0 Å². The fraction of sp³-hybridized carbons (Fsp3) is 0.375. The zero-order valence-electron chi connectivity index (χ0n) is 12.1. The molecular formula is C16H16ClNO4. The summed E-state index contributed by atoms with van der Waals surface area (Å²) in [6, 6.07) is 5.06. The Labute approximate surface area is 132 Å². The highest BCUT2D eigenvalue weighted by atomic mass is 35.5. The van der Waals surface area contributed by atoms with Gasteiger partial charge in [-0.15, -0.1) is 0 Å². The third kappa shape index (κ3) is 2.95. The number of hydrogen-bond donors (Lipinski definition) is 1. The van der Waals surface area contributed by atoms with Gasteiger partial charge in [-0.25, -0.2) is 4.79 Å². The van der Waals surface area contributed by atoms with Gasteiger partial charge in [-0.05, 0) is 43.4 Å². The fourth-order valence-electron chi connectivity index (χ4n) is 2.43. The summed E-state index contributed by atoms with van der Waals surface area (Å²) in [4.78, 5) is 10.9. The molecule has 0 aliphatic heterocycles. The molecule has 1 heterocycles. The van der Waals surface area contributed by atoms with Crippen LogP contribution in [0.2, 0.25) is 5.02 Å². The van der Waals surface area contributed by atoms with E-state index in [1.54, 1.807) is 0 Å². The Balaban J connectivity index is 1.94. The van der Waals surface area contributed by atoms with E-state index in [2.05, 4.69) is 5.16 Å². The third-order valence-corrected chi connectivity index (χ3v) is 4.15. The highest BCUT2D eigenvalue weighted by molar-refractivity contribution is 6.32. The standard InChI is InChI=1S/C16H16ClNO4/c1-9-5-11(13-7-14(16(19)20)22-18-13)15(12(17)6-9)21-8-10-3-2-4-10/h5-7,10H,2-4,8H2,1H3,(H,19,20). The SMILES string of the molecule is Cc1cc(Cl)c(OCC2CCC2)c(-c2cc(C(=O)O)on2)c1. The van der Waals surface area contributed by atoms with E-state index in [9.17, 15) is 4.79 Å². The van der Waals surface area contributed by atoms with E-state index in [0.717, 1.165) is 5.56 Å². The van der Waals surface area contributed by atoms with Crippen molar-refractivity contribution < 1.29 is 19.2 Å². The number of halogens is 1. The lowest BCUT2D eigenvalue weighted by atomic mass is 9.86. The molecule has 1 N–H and O–H groups in total. The second kappa shape index (κ2) is 6.01. The molecule has 1 aliphatic rings. The van der Waals surface area contributed by atoms with Gasteiger partial charge < -0.3 is 14.4 Å². The molecule has 0 bridgehead atoms. The summed E-state index contributed by atoms with van der Waals surface area (Å²) in [7, 11) is 0. The van der Waals surface area contributed by atoms with E-state index in [1.807, 2.05) is 19.1 Å². The summed E-state index contributed by atoms with van der Waals surface area (Å²) in [5.41, 5.74) is 2.00. The average Bonchev–Trinajstić information content (AvgIpc) is 2.88. The minimum atomic E-state index is -1.16. The zero-order chi connectivity index (χ0) is 15.7. The molecule has 0 amide bonds. The molecule has 116 valence electrons. The van der Waals surface area contributed by atoms with Gasteiger partial charge in [0.1, 0.15) is 11.4 Å². The quantitative estimate of drug-likeness (QED) is 0.894. The van der Waals surface area contributed by atoms with E-state index in [0.29, 0.717) is 34.6 Å². The number of carboxylic acids is 1. The molecule has 1 fully saturated rings. The lowest BCUT2D eigenvalue weighted by Gasteiger charge is -2.26. The maximum absolute atomic E-state index is 10.9. The normalized spacial score (nSPS) is 14.6. The number of carboxylic acid groups (broad SMARTS) is 1. The van der Waals surface area contributed by atoms with Crippen LogP contribution in [0, 0.1) is 12.8 Å². The zero-order valence-corrected chi connectivity index (χ0v) is 12.9. The Morgan fingerprint density at radius 2 is 2.23 bits per heavy atom. The van der Waals surface area contributed by atoms with E-state index >= 15 is 0 Å². The molecular weight excluding hydrogens is 306 g/mol. The lowest BCUT2D eigenvalue weighted by Crippen LogP contribution is -2.19. The molecule has 0 saturated heterocycles. The second-order valence-electron chi connectivity index (χ2n) is 5.61. The molecule has 1 saturated carbocycles. The molecule has 0 radical (unpaired) electrons. The van der Waals surface area contributed by atoms with Gasteiger partial charge in [-0.1, -0.05) is 23.2 Å². The van der Waals surface area contributed by atoms with Crippen LogP contribution in [0.1, 0.15) is 35.4 Å². The first-order chi connectivity index (χ1) is 10.5. The molecule has 1 aliphatic carbocycles. The van der Waals surface area contributed by atoms with Gasteiger partial charge in [0.25, 0.3) is 0 Å². The maximum Gasteiger partial charge on any atom is 0.374 e. The minimum absolute atomic E-state index is 0.211. The summed E-state index contributed by atoms with van der Waals surface area (Å²) in [6.07, 6.45) is 3.59. The number of benzene rings is 1. The number of hydrogen-bond acceptors (Lipinski definition) is 4. The minimum Gasteiger partial charge on any atom is -0.491 e. The first-order valence-electron chi connectivity index (χ1n) is 7.18. The largest absolute Gasteiger partial charge is 0.491 e. The third-order valence-electron chi connectivity index (χ3n) is 3.87. The highest BCUT2D eigenvalue weighted by Crippen LogP contribution is 2.38. The van der Waals surface area contributed by atoms with Gasteiger partial charge in [0, 0.05) is 11.6 Å². The predicted molar refractivity (Wildman–Crippen MR) is 81.5 cm³/mol. The van der Waals surface area contributed by atoms with Crippen LogP contribution in [0.25, 0.3) is 11.3 Å². The van der Waals surface area contributed by atoms with Crippen molar-refractivity contribution in [3.05, 3.63) is 34.5 Å². The molecule has 1 aromatic carbocycles. The Kier molecular flexibility index (Phi) is 4.07. The number of ether oxygens (including phenoxy) is 1. The van der Waals surface area contributed by atoms with Crippen LogP contribution in [0.15, 0.2) is 22.7 Å². The van der Waals surface area contributed by atoms with Gasteiger partial charge in [-0.2, -0.15) is 0 Å². The number of aryl methyl sites for hydroxylation is 1. The van der Waals surface area contributed by atoms with Crippen molar-refractivity contribution in [2.24, 2.45) is 5.92 Å². The van der Waals surface area contributed by atoms with Crippen LogP contribution in [-0.4, -0.2) is 22.8 Å². The molecule has 0 unspecified atom stereocenters. The monoisotopic (exact) mass is 321 g/mol. The van der Waals surface area contributed by atoms with Gasteiger partial charge in [0.2, 0.25) is 5.76 Å². The first kappa shape index (κ1) is 14.9. The van der Waals surface area contributed by atoms with Gasteiger partial charge in [0.15, 0.2) is 0 Å². The number of nitrogens with zero attached hydrogens (tertiary/aromatic N) is 1. The van der Waals surface area contributed by atoms with Crippen molar-refractivity contribution in [3.8, 4) is 17.0 Å². The highest BCUT2D eigenvalue weighted by Gasteiger charge is 2.22. The predicted octanol–water partition coefficient (Wildman–Crippen LogP) is 4.18. The molecule has 3 rings (SSSR count). The molecule has 0 atom stereocenters.